The summed E-state index contributed by atoms with van der Waals surface area (Å²) in [5, 5.41) is 0. The van der Waals surface area contributed by atoms with Crippen molar-refractivity contribution in [3.8, 4) is 0 Å². The average molecular weight is 222 g/mol. The molecule has 1 rings (SSSR count). The maximum Gasteiger partial charge on any atom is 0.0122 e. The first-order valence-corrected chi connectivity index (χ1v) is 6.30. The predicted molar refractivity (Wildman–Crippen MR) is 70.8 cm³/mol. The maximum atomic E-state index is 2.27. The van der Waals surface area contributed by atoms with E-state index in [1.54, 1.807) is 0 Å². The molecule has 0 bridgehead atoms. The smallest absolute Gasteiger partial charge is 0.0122 e. The minimum Gasteiger partial charge on any atom is -0.120 e. The first-order chi connectivity index (χ1) is 6.70. The van der Waals surface area contributed by atoms with E-state index in [0.717, 1.165) is 0 Å². The summed E-state index contributed by atoms with van der Waals surface area (Å²) in [7, 11) is 0. The number of rotatable bonds is 1. The molecular formula is C14H22S. The fourth-order valence-corrected chi connectivity index (χ4v) is 2.80. The SMILES string of the molecule is CC(C)(C)Sc1ccccc1C(C)(C)C. The maximum absolute atomic E-state index is 2.27. The van der Waals surface area contributed by atoms with Crippen molar-refractivity contribution in [2.75, 3.05) is 0 Å². The molecule has 0 heterocycles. The van der Waals surface area contributed by atoms with Crippen molar-refractivity contribution in [2.45, 2.75) is 56.6 Å². The molecule has 0 spiro atoms. The van der Waals surface area contributed by atoms with Crippen LogP contribution >= 0.6 is 11.8 Å². The van der Waals surface area contributed by atoms with Gasteiger partial charge in [-0.2, -0.15) is 0 Å². The lowest BCUT2D eigenvalue weighted by Crippen LogP contribution is -2.15. The number of benzene rings is 1. The normalized spacial score (nSPS) is 12.9. The molecule has 0 aliphatic carbocycles. The molecule has 84 valence electrons. The van der Waals surface area contributed by atoms with Gasteiger partial charge in [0.2, 0.25) is 0 Å². The molecule has 0 atom stereocenters. The molecule has 0 aliphatic heterocycles. The van der Waals surface area contributed by atoms with Gasteiger partial charge in [0, 0.05) is 9.64 Å². The van der Waals surface area contributed by atoms with Crippen LogP contribution < -0.4 is 0 Å². The van der Waals surface area contributed by atoms with Gasteiger partial charge in [-0.1, -0.05) is 59.7 Å². The third-order valence-electron chi connectivity index (χ3n) is 2.11. The van der Waals surface area contributed by atoms with Gasteiger partial charge in [0.05, 0.1) is 0 Å². The fourth-order valence-electron chi connectivity index (χ4n) is 1.51. The highest BCUT2D eigenvalue weighted by atomic mass is 32.2. The van der Waals surface area contributed by atoms with Crippen LogP contribution in [0.1, 0.15) is 47.1 Å². The molecule has 0 saturated heterocycles. The zero-order chi connectivity index (χ0) is 11.7. The van der Waals surface area contributed by atoms with Crippen LogP contribution in [0.25, 0.3) is 0 Å². The van der Waals surface area contributed by atoms with E-state index in [9.17, 15) is 0 Å². The van der Waals surface area contributed by atoms with Crippen molar-refractivity contribution in [1.29, 1.82) is 0 Å². The molecule has 15 heavy (non-hydrogen) atoms. The van der Waals surface area contributed by atoms with E-state index < -0.39 is 0 Å². The molecular weight excluding hydrogens is 200 g/mol. The van der Waals surface area contributed by atoms with Crippen LogP contribution in [0, 0.1) is 0 Å². The van der Waals surface area contributed by atoms with E-state index in [0.29, 0.717) is 0 Å². The standard InChI is InChI=1S/C14H22S/c1-13(2,3)11-9-7-8-10-12(11)15-14(4,5)6/h7-10H,1-6H3. The lowest BCUT2D eigenvalue weighted by atomic mass is 9.87. The van der Waals surface area contributed by atoms with Crippen molar-refractivity contribution in [1.82, 2.24) is 0 Å². The Morgan fingerprint density at radius 1 is 0.867 bits per heavy atom. The van der Waals surface area contributed by atoms with Crippen LogP contribution in [0.15, 0.2) is 29.2 Å². The van der Waals surface area contributed by atoms with Crippen LogP contribution in [0.3, 0.4) is 0 Å². The zero-order valence-electron chi connectivity index (χ0n) is 10.7. The third-order valence-corrected chi connectivity index (χ3v) is 3.30. The summed E-state index contributed by atoms with van der Waals surface area (Å²) in [6, 6.07) is 8.74. The molecule has 0 N–H and O–H groups in total. The Balaban J connectivity index is 3.08. The Labute approximate surface area is 98.5 Å². The van der Waals surface area contributed by atoms with Crippen molar-refractivity contribution in [2.24, 2.45) is 0 Å². The van der Waals surface area contributed by atoms with E-state index in [2.05, 4.69) is 65.8 Å². The molecule has 1 aromatic rings. The zero-order valence-corrected chi connectivity index (χ0v) is 11.5. The second-order valence-corrected chi connectivity index (χ2v) is 7.83. The van der Waals surface area contributed by atoms with E-state index in [4.69, 9.17) is 0 Å². The molecule has 0 amide bonds. The lowest BCUT2D eigenvalue weighted by molar-refractivity contribution is 0.577. The molecule has 0 nitrogen and oxygen atoms in total. The summed E-state index contributed by atoms with van der Waals surface area (Å²) in [6.07, 6.45) is 0. The molecule has 1 heteroatoms. The number of hydrogen-bond donors (Lipinski definition) is 0. The summed E-state index contributed by atoms with van der Waals surface area (Å²) in [5.74, 6) is 0. The van der Waals surface area contributed by atoms with Gasteiger partial charge in [-0.15, -0.1) is 11.8 Å². The molecule has 1 aromatic carbocycles. The topological polar surface area (TPSA) is 0 Å². The molecule has 0 unspecified atom stereocenters. The minimum atomic E-state index is 0.231. The van der Waals surface area contributed by atoms with Gasteiger partial charge in [0.25, 0.3) is 0 Å². The molecule has 0 aliphatic rings. The van der Waals surface area contributed by atoms with E-state index in [-0.39, 0.29) is 10.2 Å². The van der Waals surface area contributed by atoms with Crippen LogP contribution in [0.2, 0.25) is 0 Å². The lowest BCUT2D eigenvalue weighted by Gasteiger charge is -2.26. The molecule has 0 aromatic heterocycles. The average Bonchev–Trinajstić information content (AvgIpc) is 1.99. The Kier molecular flexibility index (Phi) is 3.55. The van der Waals surface area contributed by atoms with Crippen molar-refractivity contribution in [3.63, 3.8) is 0 Å². The fraction of sp³-hybridized carbons (Fsp3) is 0.571. The minimum absolute atomic E-state index is 0.231. The summed E-state index contributed by atoms with van der Waals surface area (Å²) >= 11 is 1.95. The molecule has 0 fully saturated rings. The van der Waals surface area contributed by atoms with Crippen molar-refractivity contribution >= 4 is 11.8 Å². The number of hydrogen-bond acceptors (Lipinski definition) is 1. The highest BCUT2D eigenvalue weighted by Crippen LogP contribution is 2.38. The summed E-state index contributed by atoms with van der Waals surface area (Å²) in [4.78, 5) is 1.41. The highest BCUT2D eigenvalue weighted by Gasteiger charge is 2.21. The van der Waals surface area contributed by atoms with Gasteiger partial charge in [0.1, 0.15) is 0 Å². The van der Waals surface area contributed by atoms with Gasteiger partial charge >= 0.3 is 0 Å². The Morgan fingerprint density at radius 3 is 1.87 bits per heavy atom. The monoisotopic (exact) mass is 222 g/mol. The Hall–Kier alpha value is -0.430. The molecule has 0 saturated carbocycles. The first-order valence-electron chi connectivity index (χ1n) is 5.49. The van der Waals surface area contributed by atoms with Crippen LogP contribution in [-0.2, 0) is 5.41 Å². The van der Waals surface area contributed by atoms with E-state index in [1.807, 2.05) is 11.8 Å². The van der Waals surface area contributed by atoms with Gasteiger partial charge in [0.15, 0.2) is 0 Å². The van der Waals surface area contributed by atoms with E-state index in [1.165, 1.54) is 10.5 Å². The van der Waals surface area contributed by atoms with Gasteiger partial charge in [-0.05, 0) is 17.0 Å². The summed E-state index contributed by atoms with van der Waals surface area (Å²) < 4.78 is 0.279. The predicted octanol–water partition coefficient (Wildman–Crippen LogP) is 4.87. The van der Waals surface area contributed by atoms with Gasteiger partial charge < -0.3 is 0 Å². The second-order valence-electron chi connectivity index (χ2n) is 5.96. The van der Waals surface area contributed by atoms with Crippen LogP contribution in [0.5, 0.6) is 0 Å². The van der Waals surface area contributed by atoms with E-state index >= 15 is 0 Å². The Morgan fingerprint density at radius 2 is 1.40 bits per heavy atom. The highest BCUT2D eigenvalue weighted by molar-refractivity contribution is 8.00. The Bertz CT molecular complexity index is 326. The largest absolute Gasteiger partial charge is 0.120 e. The number of thioether (sulfide) groups is 1. The second kappa shape index (κ2) is 4.21. The van der Waals surface area contributed by atoms with Gasteiger partial charge in [-0.3, -0.25) is 0 Å². The first kappa shape index (κ1) is 12.6. The summed E-state index contributed by atoms with van der Waals surface area (Å²) in [6.45, 7) is 13.6. The van der Waals surface area contributed by atoms with Crippen molar-refractivity contribution in [3.05, 3.63) is 29.8 Å². The van der Waals surface area contributed by atoms with Gasteiger partial charge in [-0.25, -0.2) is 0 Å². The quantitative estimate of drug-likeness (QED) is 0.611. The van der Waals surface area contributed by atoms with Crippen LogP contribution in [-0.4, -0.2) is 4.75 Å². The third kappa shape index (κ3) is 3.90. The molecule has 0 radical (unpaired) electrons. The summed E-state index contributed by atoms with van der Waals surface area (Å²) in [5.41, 5.74) is 1.68. The van der Waals surface area contributed by atoms with Crippen LogP contribution in [0.4, 0.5) is 0 Å². The van der Waals surface area contributed by atoms with Crippen molar-refractivity contribution < 1.29 is 0 Å².